The standard InChI is InChI=1S/3C16H36P.C8H6O7S/c3*1-5-9-13-17(14-10-6-2,15-11-7-3)16-12-8-4;9-7(10)4-1-2-6(16(13,14)15)5(3-4)8(11)12/h3*5-16H2,1-4H3;1-3H,(H,9,10)(H,11,12)(H,13,14,15)/q3*+1;/p-3. The maximum Gasteiger partial charge on any atom is 0.125 e. The maximum atomic E-state index is 10.6. The quantitative estimate of drug-likeness (QED) is 0.0473. The van der Waals surface area contributed by atoms with Gasteiger partial charge in [-0.05, 0) is 94.7 Å². The number of aromatic carboxylic acids is 2. The average Bonchev–Trinajstić information content (AvgIpc) is 3.32. The van der Waals surface area contributed by atoms with Crippen LogP contribution in [0.4, 0.5) is 0 Å². The summed E-state index contributed by atoms with van der Waals surface area (Å²) in [7, 11) is -6.69. The van der Waals surface area contributed by atoms with Gasteiger partial charge in [-0.1, -0.05) is 166 Å². The molecule has 0 heterocycles. The Labute approximate surface area is 419 Å². The average molecular weight is 1020 g/mol. The van der Waals surface area contributed by atoms with Gasteiger partial charge in [0, 0.05) is 27.4 Å². The minimum atomic E-state index is -5.01. The zero-order valence-electron chi connectivity index (χ0n) is 46.3. The molecule has 11 heteroatoms. The summed E-state index contributed by atoms with van der Waals surface area (Å²) in [6.07, 6.45) is 53.8. The Bertz CT molecular complexity index is 1220. The van der Waals surface area contributed by atoms with E-state index >= 15 is 0 Å². The molecule has 1 aromatic carbocycles. The van der Waals surface area contributed by atoms with Gasteiger partial charge in [-0.3, -0.25) is 0 Å². The number of carboxylic acid groups (broad SMARTS) is 2. The van der Waals surface area contributed by atoms with Crippen LogP contribution in [0, 0.1) is 0 Å². The van der Waals surface area contributed by atoms with Gasteiger partial charge in [-0.2, -0.15) is 0 Å². The molecule has 0 atom stereocenters. The van der Waals surface area contributed by atoms with E-state index in [4.69, 9.17) is 0 Å². The first-order valence-electron chi connectivity index (χ1n) is 28.0. The Kier molecular flexibility index (Phi) is 47.7. The van der Waals surface area contributed by atoms with Crippen molar-refractivity contribution < 1.29 is 32.8 Å². The second-order valence-electron chi connectivity index (χ2n) is 19.7. The van der Waals surface area contributed by atoms with E-state index in [2.05, 4.69) is 83.1 Å². The lowest BCUT2D eigenvalue weighted by Crippen LogP contribution is -2.27. The molecule has 398 valence electrons. The molecule has 0 aliphatic carbocycles. The van der Waals surface area contributed by atoms with Crippen molar-refractivity contribution in [3.05, 3.63) is 29.3 Å². The van der Waals surface area contributed by atoms with Gasteiger partial charge in [0.25, 0.3) is 0 Å². The highest BCUT2D eigenvalue weighted by Gasteiger charge is 2.36. The highest BCUT2D eigenvalue weighted by atomic mass is 32.2. The highest BCUT2D eigenvalue weighted by molar-refractivity contribution is 7.85. The summed E-state index contributed by atoms with van der Waals surface area (Å²) in [5, 5.41) is 20.9. The minimum absolute atomic E-state index is 0.495. The molecule has 0 aliphatic heterocycles. The zero-order valence-corrected chi connectivity index (χ0v) is 49.8. The fourth-order valence-electron chi connectivity index (χ4n) is 8.97. The Morgan fingerprint density at radius 1 is 0.373 bits per heavy atom. The van der Waals surface area contributed by atoms with Crippen molar-refractivity contribution in [2.24, 2.45) is 0 Å². The lowest BCUT2D eigenvalue weighted by atomic mass is 10.1. The first-order valence-corrected chi connectivity index (χ1v) is 37.0. The van der Waals surface area contributed by atoms with E-state index in [1.165, 1.54) is 154 Å². The van der Waals surface area contributed by atoms with Crippen LogP contribution in [0.25, 0.3) is 0 Å². The summed E-state index contributed by atoms with van der Waals surface area (Å²) in [5.41, 5.74) is -1.57. The van der Waals surface area contributed by atoms with Crippen molar-refractivity contribution in [2.45, 2.75) is 242 Å². The summed E-state index contributed by atoms with van der Waals surface area (Å²) in [4.78, 5) is 19.9. The maximum absolute atomic E-state index is 10.6. The van der Waals surface area contributed by atoms with E-state index in [1.54, 1.807) is 73.9 Å². The topological polar surface area (TPSA) is 137 Å². The lowest BCUT2D eigenvalue weighted by Gasteiger charge is -2.28. The van der Waals surface area contributed by atoms with Gasteiger partial charge in [-0.15, -0.1) is 0 Å². The molecule has 0 N–H and O–H groups in total. The molecule has 0 saturated carbocycles. The SMILES string of the molecule is CCCC[P+](CCCC)(CCCC)CCCC.CCCC[P+](CCCC)(CCCC)CCCC.CCCC[P+](CCCC)(CCCC)CCCC.O=C([O-])c1ccc(S(=O)(=O)[O-])c(C(=O)[O-])c1. The zero-order chi connectivity index (χ0) is 51.5. The first kappa shape index (κ1) is 70.6. The number of carbonyl (C=O) groups excluding carboxylic acids is 2. The molecule has 1 aromatic rings. The fourth-order valence-corrected chi connectivity index (χ4v) is 25.5. The predicted octanol–water partition coefficient (Wildman–Crippen LogP) is 15.9. The Morgan fingerprint density at radius 3 is 0.701 bits per heavy atom. The number of hydrogen-bond acceptors (Lipinski definition) is 7. The number of carboxylic acids is 2. The molecule has 0 unspecified atom stereocenters. The molecule has 0 fully saturated rings. The summed E-state index contributed by atoms with van der Waals surface area (Å²) in [6, 6.07) is 1.83. The van der Waals surface area contributed by atoms with E-state index in [0.29, 0.717) is 12.1 Å². The lowest BCUT2D eigenvalue weighted by molar-refractivity contribution is -0.255. The van der Waals surface area contributed by atoms with E-state index in [0.717, 1.165) is 6.07 Å². The second-order valence-corrected chi connectivity index (χ2v) is 34.5. The molecule has 0 bridgehead atoms. The molecule has 67 heavy (non-hydrogen) atoms. The highest BCUT2D eigenvalue weighted by Crippen LogP contribution is 2.63. The summed E-state index contributed by atoms with van der Waals surface area (Å²) in [6.45, 7) is 28.3. The summed E-state index contributed by atoms with van der Waals surface area (Å²) >= 11 is 0. The molecular weight excluding hydrogens is 910 g/mol. The molecule has 0 saturated heterocycles. The van der Waals surface area contributed by atoms with Crippen LogP contribution in [0.3, 0.4) is 0 Å². The fraction of sp³-hybridized carbons (Fsp3) is 0.857. The van der Waals surface area contributed by atoms with E-state index < -0.39 is 59.9 Å². The van der Waals surface area contributed by atoms with Crippen LogP contribution in [-0.4, -0.2) is 98.9 Å². The van der Waals surface area contributed by atoms with Crippen molar-refractivity contribution in [3.63, 3.8) is 0 Å². The monoisotopic (exact) mass is 1020 g/mol. The van der Waals surface area contributed by atoms with Crippen LogP contribution < -0.4 is 10.2 Å². The van der Waals surface area contributed by atoms with Crippen LogP contribution >= 0.6 is 21.8 Å². The van der Waals surface area contributed by atoms with Crippen molar-refractivity contribution in [1.82, 2.24) is 0 Å². The van der Waals surface area contributed by atoms with Gasteiger partial charge < -0.3 is 24.4 Å². The third kappa shape index (κ3) is 35.2. The van der Waals surface area contributed by atoms with Crippen LogP contribution in [-0.2, 0) is 10.1 Å². The van der Waals surface area contributed by atoms with Gasteiger partial charge in [0.15, 0.2) is 0 Å². The van der Waals surface area contributed by atoms with Crippen LogP contribution in [0.15, 0.2) is 23.1 Å². The van der Waals surface area contributed by atoms with Crippen molar-refractivity contribution >= 4 is 43.8 Å². The van der Waals surface area contributed by atoms with Gasteiger partial charge in [-0.25, -0.2) is 8.42 Å². The summed E-state index contributed by atoms with van der Waals surface area (Å²) < 4.78 is 31.9. The third-order valence-electron chi connectivity index (χ3n) is 13.5. The number of carbonyl (C=O) groups is 2. The van der Waals surface area contributed by atoms with E-state index in [9.17, 15) is 32.8 Å². The van der Waals surface area contributed by atoms with Crippen LogP contribution in [0.5, 0.6) is 0 Å². The molecule has 0 aliphatic rings. The van der Waals surface area contributed by atoms with Crippen LogP contribution in [0.2, 0.25) is 0 Å². The molecule has 0 spiro atoms. The Balaban J connectivity index is -0.000000815. The van der Waals surface area contributed by atoms with Crippen molar-refractivity contribution in [1.29, 1.82) is 0 Å². The minimum Gasteiger partial charge on any atom is -0.744 e. The van der Waals surface area contributed by atoms with Gasteiger partial charge in [0.1, 0.15) is 10.1 Å². The smallest absolute Gasteiger partial charge is 0.125 e. The molecule has 1 rings (SSSR count). The molecule has 0 radical (unpaired) electrons. The second kappa shape index (κ2) is 45.2. The van der Waals surface area contributed by atoms with Crippen molar-refractivity contribution in [3.8, 4) is 0 Å². The molecule has 0 amide bonds. The Hall–Kier alpha value is -0.640. The third-order valence-corrected chi connectivity index (χ3v) is 29.6. The van der Waals surface area contributed by atoms with Gasteiger partial charge in [0.2, 0.25) is 0 Å². The van der Waals surface area contributed by atoms with Gasteiger partial charge >= 0.3 is 0 Å². The molecule has 7 nitrogen and oxygen atoms in total. The predicted molar refractivity (Wildman–Crippen MR) is 301 cm³/mol. The normalized spacial score (nSPS) is 11.8. The number of benzene rings is 1. The number of rotatable bonds is 39. The van der Waals surface area contributed by atoms with E-state index in [1.807, 2.05) is 0 Å². The number of unbranched alkanes of at least 4 members (excludes halogenated alkanes) is 12. The largest absolute Gasteiger partial charge is 0.744 e. The van der Waals surface area contributed by atoms with E-state index in [-0.39, 0.29) is 0 Å². The Morgan fingerprint density at radius 2 is 0.567 bits per heavy atom. The number of hydrogen-bond donors (Lipinski definition) is 0. The van der Waals surface area contributed by atoms with Crippen LogP contribution in [0.1, 0.15) is 258 Å². The van der Waals surface area contributed by atoms with Crippen molar-refractivity contribution in [2.75, 3.05) is 73.9 Å². The molecular formula is C56H111O7P3S. The van der Waals surface area contributed by atoms with Gasteiger partial charge in [0.05, 0.1) is 90.8 Å². The first-order chi connectivity index (χ1) is 32.0. The summed E-state index contributed by atoms with van der Waals surface area (Å²) in [5.74, 6) is -3.66. The molecule has 0 aromatic heterocycles.